The molecule has 0 radical (unpaired) electrons. The zero-order valence-corrected chi connectivity index (χ0v) is 19.2. The van der Waals surface area contributed by atoms with E-state index in [9.17, 15) is 14.7 Å². The number of benzene rings is 3. The number of carbonyl (C=O) groups is 2. The van der Waals surface area contributed by atoms with E-state index in [2.05, 4.69) is 10.5 Å². The lowest BCUT2D eigenvalue weighted by molar-refractivity contribution is 0.0537. The maximum absolute atomic E-state index is 12.8. The maximum Gasteiger partial charge on any atom is 0.337 e. The second-order valence-electron chi connectivity index (χ2n) is 8.01. The summed E-state index contributed by atoms with van der Waals surface area (Å²) in [6.07, 6.45) is -0.324. The third-order valence-electron chi connectivity index (χ3n) is 5.51. The highest BCUT2D eigenvalue weighted by Crippen LogP contribution is 2.33. The molecule has 5 rings (SSSR count). The van der Waals surface area contributed by atoms with Crippen LogP contribution in [-0.2, 0) is 0 Å². The van der Waals surface area contributed by atoms with Gasteiger partial charge in [0.05, 0.1) is 28.4 Å². The molecule has 0 spiro atoms. The number of fused-ring (bicyclic) bond motifs is 1. The summed E-state index contributed by atoms with van der Waals surface area (Å²) in [6, 6.07) is 21.7. The number of hydrogen-bond donors (Lipinski definition) is 2. The predicted octanol–water partition coefficient (Wildman–Crippen LogP) is 4.38. The second kappa shape index (κ2) is 10.1. The summed E-state index contributed by atoms with van der Waals surface area (Å²) in [5.41, 5.74) is 0.472. The number of amides is 1. The van der Waals surface area contributed by atoms with Crippen LogP contribution in [0.4, 0.5) is 5.69 Å². The van der Waals surface area contributed by atoms with Gasteiger partial charge in [0.2, 0.25) is 0 Å². The Hall–Kier alpha value is -5.30. The highest BCUT2D eigenvalue weighted by molar-refractivity contribution is 6.07. The Morgan fingerprint density at radius 1 is 1.08 bits per heavy atom. The van der Waals surface area contributed by atoms with Gasteiger partial charge in [-0.2, -0.15) is 5.26 Å². The minimum atomic E-state index is -1.28. The molecule has 0 aliphatic carbocycles. The molecule has 0 saturated carbocycles. The topological polar surface area (TPSA) is 144 Å². The van der Waals surface area contributed by atoms with E-state index >= 15 is 0 Å². The lowest BCUT2D eigenvalue weighted by Crippen LogP contribution is -2.34. The molecule has 1 aliphatic rings. The molecule has 10 heteroatoms. The fraction of sp³-hybridized carbons (Fsp3) is 0.111. The normalized spacial score (nSPS) is 13.9. The molecule has 2 heterocycles. The van der Waals surface area contributed by atoms with E-state index in [-0.39, 0.29) is 41.0 Å². The third kappa shape index (κ3) is 5.06. The van der Waals surface area contributed by atoms with Crippen molar-refractivity contribution in [2.45, 2.75) is 6.10 Å². The highest BCUT2D eigenvalue weighted by Gasteiger charge is 2.23. The summed E-state index contributed by atoms with van der Waals surface area (Å²) in [4.78, 5) is 24.3. The van der Waals surface area contributed by atoms with Crippen LogP contribution in [0.5, 0.6) is 17.2 Å². The number of anilines is 1. The largest absolute Gasteiger partial charge is 0.489 e. The van der Waals surface area contributed by atoms with Gasteiger partial charge in [0, 0.05) is 6.07 Å². The first-order valence-electron chi connectivity index (χ1n) is 11.2. The van der Waals surface area contributed by atoms with Gasteiger partial charge in [-0.3, -0.25) is 4.79 Å². The van der Waals surface area contributed by atoms with Crippen molar-refractivity contribution in [3.05, 3.63) is 89.6 Å². The summed E-state index contributed by atoms with van der Waals surface area (Å²) < 4.78 is 23.0. The fourth-order valence-electron chi connectivity index (χ4n) is 3.72. The Bertz CT molecular complexity index is 1520. The third-order valence-corrected chi connectivity index (χ3v) is 5.51. The van der Waals surface area contributed by atoms with Crippen molar-refractivity contribution in [2.75, 3.05) is 18.5 Å². The minimum Gasteiger partial charge on any atom is -0.489 e. The average molecular weight is 497 g/mol. The minimum absolute atomic E-state index is 0.0288. The Morgan fingerprint density at radius 3 is 2.68 bits per heavy atom. The van der Waals surface area contributed by atoms with Crippen LogP contribution in [0.15, 0.2) is 77.3 Å². The van der Waals surface area contributed by atoms with Crippen molar-refractivity contribution in [1.82, 2.24) is 5.16 Å². The Labute approximate surface area is 210 Å². The summed E-state index contributed by atoms with van der Waals surface area (Å²) >= 11 is 0. The molecule has 0 fully saturated rings. The summed E-state index contributed by atoms with van der Waals surface area (Å²) in [6.45, 7) is 0.545. The number of hydrogen-bond acceptors (Lipinski definition) is 8. The van der Waals surface area contributed by atoms with E-state index in [1.165, 1.54) is 24.3 Å². The van der Waals surface area contributed by atoms with E-state index in [4.69, 9.17) is 24.0 Å². The van der Waals surface area contributed by atoms with Gasteiger partial charge in [-0.05, 0) is 42.5 Å². The zero-order chi connectivity index (χ0) is 25.8. The number of aromatic carboxylic acids is 1. The predicted molar refractivity (Wildman–Crippen MR) is 130 cm³/mol. The number of rotatable bonds is 7. The van der Waals surface area contributed by atoms with Gasteiger partial charge in [-0.25, -0.2) is 4.79 Å². The van der Waals surface area contributed by atoms with Gasteiger partial charge in [0.15, 0.2) is 29.1 Å². The molecule has 0 saturated heterocycles. The van der Waals surface area contributed by atoms with Gasteiger partial charge in [-0.15, -0.1) is 0 Å². The Balaban J connectivity index is 1.29. The molecular weight excluding hydrogens is 478 g/mol. The van der Waals surface area contributed by atoms with Crippen LogP contribution in [0.25, 0.3) is 11.3 Å². The lowest BCUT2D eigenvalue weighted by atomic mass is 10.1. The molecule has 3 aromatic carbocycles. The number of nitrogens with one attached hydrogen (secondary N) is 1. The summed E-state index contributed by atoms with van der Waals surface area (Å²) in [5, 5.41) is 24.8. The van der Waals surface area contributed by atoms with E-state index in [0.717, 1.165) is 0 Å². The number of aromatic nitrogens is 1. The van der Waals surface area contributed by atoms with E-state index in [0.29, 0.717) is 29.4 Å². The Morgan fingerprint density at radius 2 is 1.86 bits per heavy atom. The van der Waals surface area contributed by atoms with Crippen LogP contribution < -0.4 is 19.5 Å². The first kappa shape index (κ1) is 23.4. The lowest BCUT2D eigenvalue weighted by Gasteiger charge is -2.26. The molecule has 10 nitrogen and oxygen atoms in total. The van der Waals surface area contributed by atoms with Gasteiger partial charge < -0.3 is 29.2 Å². The van der Waals surface area contributed by atoms with E-state index < -0.39 is 11.9 Å². The monoisotopic (exact) mass is 497 g/mol. The number of nitriles is 1. The van der Waals surface area contributed by atoms with Crippen molar-refractivity contribution < 1.29 is 33.4 Å². The molecule has 2 N–H and O–H groups in total. The van der Waals surface area contributed by atoms with Crippen LogP contribution in [0.1, 0.15) is 26.4 Å². The maximum atomic E-state index is 12.8. The van der Waals surface area contributed by atoms with Crippen LogP contribution in [0, 0.1) is 11.3 Å². The first-order valence-corrected chi connectivity index (χ1v) is 11.2. The molecule has 1 unspecified atom stereocenters. The molecule has 1 atom stereocenters. The number of carboxylic acids is 1. The van der Waals surface area contributed by atoms with Gasteiger partial charge in [-0.1, -0.05) is 29.4 Å². The van der Waals surface area contributed by atoms with Crippen molar-refractivity contribution in [2.24, 2.45) is 0 Å². The summed E-state index contributed by atoms with van der Waals surface area (Å²) in [7, 11) is 0. The van der Waals surface area contributed by atoms with Crippen LogP contribution in [-0.4, -0.2) is 41.5 Å². The number of carbonyl (C=O) groups excluding carboxylic acids is 1. The van der Waals surface area contributed by atoms with Crippen LogP contribution >= 0.6 is 0 Å². The average Bonchev–Trinajstić information content (AvgIpc) is 3.42. The van der Waals surface area contributed by atoms with Crippen molar-refractivity contribution in [1.29, 1.82) is 5.26 Å². The molecular formula is C27H19N3O7. The zero-order valence-electron chi connectivity index (χ0n) is 19.2. The molecule has 37 heavy (non-hydrogen) atoms. The van der Waals surface area contributed by atoms with Crippen molar-refractivity contribution in [3.63, 3.8) is 0 Å². The molecule has 4 aromatic rings. The number of para-hydroxylation sites is 3. The SMILES string of the molecule is N#Cc1ccc(NC(=O)c2cc(-c3ccccc3OCC3COc4ccccc4O3)on2)c(C(=O)O)c1. The van der Waals surface area contributed by atoms with Gasteiger partial charge >= 0.3 is 5.97 Å². The molecule has 184 valence electrons. The molecule has 1 aromatic heterocycles. The fourth-order valence-corrected chi connectivity index (χ4v) is 3.72. The smallest absolute Gasteiger partial charge is 0.337 e. The summed E-state index contributed by atoms with van der Waals surface area (Å²) in [5.74, 6) is 0.152. The van der Waals surface area contributed by atoms with Gasteiger partial charge in [0.25, 0.3) is 5.91 Å². The first-order chi connectivity index (χ1) is 18.0. The van der Waals surface area contributed by atoms with E-state index in [1.54, 1.807) is 24.3 Å². The molecule has 1 aliphatic heterocycles. The second-order valence-corrected chi connectivity index (χ2v) is 8.01. The van der Waals surface area contributed by atoms with E-state index in [1.807, 2.05) is 30.3 Å². The van der Waals surface area contributed by atoms with Crippen LogP contribution in [0.3, 0.4) is 0 Å². The molecule has 1 amide bonds. The Kier molecular flexibility index (Phi) is 6.42. The number of carboxylic acid groups (broad SMARTS) is 1. The molecule has 0 bridgehead atoms. The van der Waals surface area contributed by atoms with Gasteiger partial charge in [0.1, 0.15) is 19.0 Å². The van der Waals surface area contributed by atoms with Crippen LogP contribution in [0.2, 0.25) is 0 Å². The standard InChI is InChI=1S/C27H19N3O7/c28-13-16-9-10-20(19(11-16)27(32)33)29-26(31)21-12-25(37-30-21)18-5-1-2-6-22(18)34-14-17-15-35-23-7-3-4-8-24(23)36-17/h1-12,17H,14-15H2,(H,29,31)(H,32,33). The highest BCUT2D eigenvalue weighted by atomic mass is 16.6. The quantitative estimate of drug-likeness (QED) is 0.380. The number of nitrogens with zero attached hydrogens (tertiary/aromatic N) is 2. The number of ether oxygens (including phenoxy) is 3. The van der Waals surface area contributed by atoms with Crippen molar-refractivity contribution >= 4 is 17.6 Å². The van der Waals surface area contributed by atoms with Crippen molar-refractivity contribution in [3.8, 4) is 34.6 Å².